The van der Waals surface area contributed by atoms with Crippen LogP contribution in [0.15, 0.2) is 56.3 Å². The molecule has 0 aliphatic rings. The minimum atomic E-state index is -0.0860. The van der Waals surface area contributed by atoms with Gasteiger partial charge >= 0.3 is 0 Å². The molecule has 0 aliphatic heterocycles. The van der Waals surface area contributed by atoms with E-state index < -0.39 is 0 Å². The fourth-order valence-electron chi connectivity index (χ4n) is 1.59. The van der Waals surface area contributed by atoms with E-state index in [1.54, 1.807) is 24.4 Å². The third kappa shape index (κ3) is 1.96. The van der Waals surface area contributed by atoms with Gasteiger partial charge in [-0.05, 0) is 12.1 Å². The molecule has 0 saturated carbocycles. The van der Waals surface area contributed by atoms with E-state index in [1.807, 2.05) is 11.4 Å². The van der Waals surface area contributed by atoms with Crippen LogP contribution in [0.4, 0.5) is 5.13 Å². The second-order valence-corrected chi connectivity index (χ2v) is 4.46. The Balaban J connectivity index is 2.08. The lowest BCUT2D eigenvalue weighted by atomic mass is 10.2. The lowest BCUT2D eigenvalue weighted by molar-refractivity contribution is 0.601. The third-order valence-electron chi connectivity index (χ3n) is 2.44. The van der Waals surface area contributed by atoms with E-state index in [9.17, 15) is 4.79 Å². The quantitative estimate of drug-likeness (QED) is 0.662. The molecule has 0 bridgehead atoms. The van der Waals surface area contributed by atoms with Crippen LogP contribution in [-0.4, -0.2) is 11.2 Å². The molecule has 3 aromatic rings. The van der Waals surface area contributed by atoms with E-state index >= 15 is 0 Å². The molecule has 4 nitrogen and oxygen atoms in total. The molecule has 0 fully saturated rings. The zero-order chi connectivity index (χ0) is 12.4. The van der Waals surface area contributed by atoms with Crippen molar-refractivity contribution >= 4 is 33.7 Å². The van der Waals surface area contributed by atoms with Gasteiger partial charge in [0.1, 0.15) is 11.8 Å². The first kappa shape index (κ1) is 10.9. The zero-order valence-electron chi connectivity index (χ0n) is 9.24. The smallest absolute Gasteiger partial charge is 0.209 e. The first-order valence-corrected chi connectivity index (χ1v) is 6.17. The summed E-state index contributed by atoms with van der Waals surface area (Å²) < 4.78 is 5.39. The number of fused-ring (bicyclic) bond motifs is 1. The van der Waals surface area contributed by atoms with Crippen LogP contribution in [0, 0.1) is 0 Å². The van der Waals surface area contributed by atoms with Crippen LogP contribution in [0.5, 0.6) is 0 Å². The molecule has 18 heavy (non-hydrogen) atoms. The molecule has 5 heteroatoms. The summed E-state index contributed by atoms with van der Waals surface area (Å²) in [4.78, 5) is 20.3. The molecule has 0 spiro atoms. The van der Waals surface area contributed by atoms with E-state index in [2.05, 4.69) is 9.98 Å². The highest BCUT2D eigenvalue weighted by molar-refractivity contribution is 7.13. The van der Waals surface area contributed by atoms with E-state index in [-0.39, 0.29) is 5.43 Å². The van der Waals surface area contributed by atoms with Crippen LogP contribution in [0.2, 0.25) is 0 Å². The highest BCUT2D eigenvalue weighted by Crippen LogP contribution is 2.14. The SMILES string of the molecule is O=c1c(/C=N/c2nccs2)coc2ccccc12. The van der Waals surface area contributed by atoms with Crippen molar-refractivity contribution in [2.75, 3.05) is 0 Å². The maximum Gasteiger partial charge on any atom is 0.209 e. The van der Waals surface area contributed by atoms with Gasteiger partial charge in [-0.25, -0.2) is 9.98 Å². The Morgan fingerprint density at radius 3 is 3.06 bits per heavy atom. The summed E-state index contributed by atoms with van der Waals surface area (Å²) in [6.07, 6.45) is 4.57. The Morgan fingerprint density at radius 2 is 2.22 bits per heavy atom. The summed E-state index contributed by atoms with van der Waals surface area (Å²) in [6, 6.07) is 7.13. The zero-order valence-corrected chi connectivity index (χ0v) is 10.1. The van der Waals surface area contributed by atoms with Gasteiger partial charge in [-0.1, -0.05) is 12.1 Å². The van der Waals surface area contributed by atoms with Crippen molar-refractivity contribution in [3.05, 3.63) is 57.9 Å². The number of hydrogen-bond acceptors (Lipinski definition) is 5. The summed E-state index contributed by atoms with van der Waals surface area (Å²) >= 11 is 1.41. The number of rotatable bonds is 2. The van der Waals surface area contributed by atoms with Crippen molar-refractivity contribution < 1.29 is 4.42 Å². The third-order valence-corrected chi connectivity index (χ3v) is 3.12. The van der Waals surface area contributed by atoms with E-state index in [0.717, 1.165) is 0 Å². The Kier molecular flexibility index (Phi) is 2.74. The number of benzene rings is 1. The molecule has 0 aliphatic carbocycles. The van der Waals surface area contributed by atoms with Crippen LogP contribution in [0.1, 0.15) is 5.56 Å². The van der Waals surface area contributed by atoms with Crippen molar-refractivity contribution in [1.29, 1.82) is 0 Å². The van der Waals surface area contributed by atoms with Gasteiger partial charge in [0.2, 0.25) is 10.6 Å². The second-order valence-electron chi connectivity index (χ2n) is 3.59. The Morgan fingerprint density at radius 1 is 1.33 bits per heavy atom. The molecule has 0 saturated heterocycles. The van der Waals surface area contributed by atoms with E-state index in [1.165, 1.54) is 23.8 Å². The Hall–Kier alpha value is -2.27. The number of aromatic nitrogens is 1. The predicted molar refractivity (Wildman–Crippen MR) is 71.9 cm³/mol. The molecule has 0 atom stereocenters. The summed E-state index contributed by atoms with van der Waals surface area (Å²) in [6.45, 7) is 0. The summed E-state index contributed by atoms with van der Waals surface area (Å²) in [7, 11) is 0. The lowest BCUT2D eigenvalue weighted by Gasteiger charge is -1.96. The molecular formula is C13H8N2O2S. The molecule has 2 aromatic heterocycles. The minimum Gasteiger partial charge on any atom is -0.463 e. The van der Waals surface area contributed by atoms with Gasteiger partial charge in [0.05, 0.1) is 10.9 Å². The maximum atomic E-state index is 12.1. The van der Waals surface area contributed by atoms with Crippen molar-refractivity contribution in [2.24, 2.45) is 4.99 Å². The van der Waals surface area contributed by atoms with Crippen molar-refractivity contribution in [2.45, 2.75) is 0 Å². The van der Waals surface area contributed by atoms with Crippen LogP contribution in [0.3, 0.4) is 0 Å². The fourth-order valence-corrected chi connectivity index (χ4v) is 2.07. The highest BCUT2D eigenvalue weighted by atomic mass is 32.1. The van der Waals surface area contributed by atoms with Gasteiger partial charge in [-0.2, -0.15) is 0 Å². The van der Waals surface area contributed by atoms with Crippen LogP contribution < -0.4 is 5.43 Å². The predicted octanol–water partition coefficient (Wildman–Crippen LogP) is 3.00. The average molecular weight is 256 g/mol. The van der Waals surface area contributed by atoms with Crippen molar-refractivity contribution in [3.8, 4) is 0 Å². The number of thiazole rings is 1. The molecule has 3 rings (SSSR count). The van der Waals surface area contributed by atoms with Gasteiger partial charge in [0, 0.05) is 17.8 Å². The molecule has 0 unspecified atom stereocenters. The number of hydrogen-bond donors (Lipinski definition) is 0. The summed E-state index contributed by atoms with van der Waals surface area (Å²) in [5.41, 5.74) is 0.912. The average Bonchev–Trinajstić information content (AvgIpc) is 2.91. The monoisotopic (exact) mass is 256 g/mol. The van der Waals surface area contributed by atoms with Gasteiger partial charge in [0.15, 0.2) is 0 Å². The Labute approximate surface area is 106 Å². The standard InChI is InChI=1S/C13H8N2O2S/c16-12-9(7-15-13-14-5-6-18-13)8-17-11-4-2-1-3-10(11)12/h1-8H/b15-7+. The molecule has 88 valence electrons. The first-order chi connectivity index (χ1) is 8.84. The highest BCUT2D eigenvalue weighted by Gasteiger charge is 2.04. The van der Waals surface area contributed by atoms with E-state index in [0.29, 0.717) is 21.7 Å². The van der Waals surface area contributed by atoms with Gasteiger partial charge in [-0.3, -0.25) is 4.79 Å². The van der Waals surface area contributed by atoms with Gasteiger partial charge < -0.3 is 4.42 Å². The summed E-state index contributed by atoms with van der Waals surface area (Å²) in [5.74, 6) is 0. The molecule has 2 heterocycles. The van der Waals surface area contributed by atoms with Gasteiger partial charge in [0.25, 0.3) is 0 Å². The first-order valence-electron chi connectivity index (χ1n) is 5.29. The maximum absolute atomic E-state index is 12.1. The van der Waals surface area contributed by atoms with Crippen LogP contribution in [-0.2, 0) is 0 Å². The van der Waals surface area contributed by atoms with Gasteiger partial charge in [-0.15, -0.1) is 11.3 Å². The minimum absolute atomic E-state index is 0.0860. The van der Waals surface area contributed by atoms with Crippen molar-refractivity contribution in [3.63, 3.8) is 0 Å². The molecular weight excluding hydrogens is 248 g/mol. The number of nitrogens with zero attached hydrogens (tertiary/aromatic N) is 2. The second kappa shape index (κ2) is 4.54. The van der Waals surface area contributed by atoms with Crippen molar-refractivity contribution in [1.82, 2.24) is 4.98 Å². The van der Waals surface area contributed by atoms with Crippen LogP contribution in [0.25, 0.3) is 11.0 Å². The molecule has 1 aromatic carbocycles. The number of para-hydroxylation sites is 1. The van der Waals surface area contributed by atoms with E-state index in [4.69, 9.17) is 4.42 Å². The number of aliphatic imine (C=N–C) groups is 1. The van der Waals surface area contributed by atoms with Crippen LogP contribution >= 0.6 is 11.3 Å². The summed E-state index contributed by atoms with van der Waals surface area (Å²) in [5, 5.41) is 3.00. The molecule has 0 radical (unpaired) electrons. The lowest BCUT2D eigenvalue weighted by Crippen LogP contribution is -2.07. The fraction of sp³-hybridized carbons (Fsp3) is 0. The normalized spacial score (nSPS) is 11.3. The molecule has 0 N–H and O–H groups in total. The largest absolute Gasteiger partial charge is 0.463 e. The molecule has 0 amide bonds. The topological polar surface area (TPSA) is 55.5 Å². The Bertz CT molecular complexity index is 760.